The molecule has 1 N–H and O–H groups in total. The molecule has 2 rings (SSSR count). The Balaban J connectivity index is 2.34. The third-order valence-corrected chi connectivity index (χ3v) is 2.35. The van der Waals surface area contributed by atoms with Gasteiger partial charge in [0.25, 0.3) is 0 Å². The van der Waals surface area contributed by atoms with Crippen molar-refractivity contribution in [2.75, 3.05) is 7.05 Å². The lowest BCUT2D eigenvalue weighted by molar-refractivity contribution is 0.687. The minimum absolute atomic E-state index is 0.182. The number of hydrogen-bond donors (Lipinski definition) is 1. The molecule has 0 aliphatic carbocycles. The van der Waals surface area contributed by atoms with E-state index >= 15 is 0 Å². The molecule has 1 atom stereocenters. The minimum Gasteiger partial charge on any atom is -0.309 e. The van der Waals surface area contributed by atoms with Crippen molar-refractivity contribution in [3.8, 4) is 0 Å². The van der Waals surface area contributed by atoms with Crippen LogP contribution in [-0.4, -0.2) is 17.0 Å². The standard InChI is InChI=1S/C12H13N3/c1-13-12(10-4-7-14-8-5-10)11-3-2-6-15-9-11/h2-9,12-13H,1H3. The van der Waals surface area contributed by atoms with Crippen LogP contribution >= 0.6 is 0 Å². The third-order valence-electron chi connectivity index (χ3n) is 2.35. The normalized spacial score (nSPS) is 12.3. The van der Waals surface area contributed by atoms with Crippen LogP contribution in [-0.2, 0) is 0 Å². The molecule has 0 aliphatic rings. The lowest BCUT2D eigenvalue weighted by Crippen LogP contribution is -2.17. The lowest BCUT2D eigenvalue weighted by Gasteiger charge is -2.16. The number of pyridine rings is 2. The predicted octanol–water partition coefficient (Wildman–Crippen LogP) is 1.79. The van der Waals surface area contributed by atoms with Gasteiger partial charge in [0.2, 0.25) is 0 Å². The van der Waals surface area contributed by atoms with Crippen molar-refractivity contribution in [2.24, 2.45) is 0 Å². The van der Waals surface area contributed by atoms with Crippen molar-refractivity contribution in [1.29, 1.82) is 0 Å². The van der Waals surface area contributed by atoms with E-state index in [9.17, 15) is 0 Å². The van der Waals surface area contributed by atoms with Gasteiger partial charge >= 0.3 is 0 Å². The first-order valence-electron chi connectivity index (χ1n) is 4.89. The molecule has 76 valence electrons. The van der Waals surface area contributed by atoms with Crippen LogP contribution in [0, 0.1) is 0 Å². The zero-order valence-electron chi connectivity index (χ0n) is 8.59. The highest BCUT2D eigenvalue weighted by molar-refractivity contribution is 5.28. The monoisotopic (exact) mass is 199 g/mol. The predicted molar refractivity (Wildman–Crippen MR) is 59.4 cm³/mol. The highest BCUT2D eigenvalue weighted by Crippen LogP contribution is 2.19. The van der Waals surface area contributed by atoms with E-state index in [4.69, 9.17) is 0 Å². The van der Waals surface area contributed by atoms with Gasteiger partial charge in [0.05, 0.1) is 6.04 Å². The largest absolute Gasteiger partial charge is 0.309 e. The third kappa shape index (κ3) is 2.19. The summed E-state index contributed by atoms with van der Waals surface area (Å²) in [6.07, 6.45) is 7.26. The van der Waals surface area contributed by atoms with Crippen molar-refractivity contribution in [3.63, 3.8) is 0 Å². The van der Waals surface area contributed by atoms with Gasteiger partial charge in [-0.25, -0.2) is 0 Å². The van der Waals surface area contributed by atoms with E-state index < -0.39 is 0 Å². The van der Waals surface area contributed by atoms with E-state index in [1.54, 1.807) is 18.6 Å². The lowest BCUT2D eigenvalue weighted by atomic mass is 10.0. The van der Waals surface area contributed by atoms with Crippen LogP contribution < -0.4 is 5.32 Å². The first-order valence-corrected chi connectivity index (χ1v) is 4.89. The van der Waals surface area contributed by atoms with Gasteiger partial charge in [-0.2, -0.15) is 0 Å². The fourth-order valence-electron chi connectivity index (χ4n) is 1.63. The zero-order valence-corrected chi connectivity index (χ0v) is 8.59. The molecule has 15 heavy (non-hydrogen) atoms. The second kappa shape index (κ2) is 4.66. The van der Waals surface area contributed by atoms with Crippen LogP contribution in [0.3, 0.4) is 0 Å². The molecule has 0 spiro atoms. The molecule has 0 saturated heterocycles. The summed E-state index contributed by atoms with van der Waals surface area (Å²) in [6.45, 7) is 0. The molecule has 0 aromatic carbocycles. The maximum absolute atomic E-state index is 4.12. The summed E-state index contributed by atoms with van der Waals surface area (Å²) in [6, 6.07) is 8.21. The summed E-state index contributed by atoms with van der Waals surface area (Å²) in [4.78, 5) is 8.14. The molecule has 0 amide bonds. The van der Waals surface area contributed by atoms with Crippen LogP contribution in [0.25, 0.3) is 0 Å². The molecule has 0 fully saturated rings. The Morgan fingerprint density at radius 1 is 1.00 bits per heavy atom. The molecule has 1 unspecified atom stereocenters. The number of aromatic nitrogens is 2. The van der Waals surface area contributed by atoms with Crippen LogP contribution in [0.2, 0.25) is 0 Å². The van der Waals surface area contributed by atoms with E-state index in [0.717, 1.165) is 5.56 Å². The molecule has 3 nitrogen and oxygen atoms in total. The fraction of sp³-hybridized carbons (Fsp3) is 0.167. The molecule has 0 aliphatic heterocycles. The van der Waals surface area contributed by atoms with Gasteiger partial charge in [0.1, 0.15) is 0 Å². The quantitative estimate of drug-likeness (QED) is 0.818. The van der Waals surface area contributed by atoms with Gasteiger partial charge in [0, 0.05) is 24.8 Å². The molecule has 0 bridgehead atoms. The Morgan fingerprint density at radius 3 is 2.40 bits per heavy atom. The highest BCUT2D eigenvalue weighted by Gasteiger charge is 2.10. The summed E-state index contributed by atoms with van der Waals surface area (Å²) in [5.74, 6) is 0. The maximum atomic E-state index is 4.12. The van der Waals surface area contributed by atoms with Crippen molar-refractivity contribution in [2.45, 2.75) is 6.04 Å². The Morgan fingerprint density at radius 2 is 1.80 bits per heavy atom. The molecular weight excluding hydrogens is 186 g/mol. The van der Waals surface area contributed by atoms with Crippen molar-refractivity contribution in [1.82, 2.24) is 15.3 Å². The smallest absolute Gasteiger partial charge is 0.0590 e. The Kier molecular flexibility index (Phi) is 3.05. The maximum Gasteiger partial charge on any atom is 0.0590 e. The van der Waals surface area contributed by atoms with Gasteiger partial charge in [0.15, 0.2) is 0 Å². The summed E-state index contributed by atoms with van der Waals surface area (Å²) in [5, 5.41) is 3.27. The number of rotatable bonds is 3. The summed E-state index contributed by atoms with van der Waals surface area (Å²) in [7, 11) is 1.94. The van der Waals surface area contributed by atoms with E-state index in [-0.39, 0.29) is 6.04 Å². The number of nitrogens with zero attached hydrogens (tertiary/aromatic N) is 2. The van der Waals surface area contributed by atoms with Crippen molar-refractivity contribution >= 4 is 0 Å². The summed E-state index contributed by atoms with van der Waals surface area (Å²) < 4.78 is 0. The first-order chi connectivity index (χ1) is 7.42. The second-order valence-corrected chi connectivity index (χ2v) is 3.29. The topological polar surface area (TPSA) is 37.8 Å². The van der Waals surface area contributed by atoms with Gasteiger partial charge in [-0.3, -0.25) is 9.97 Å². The van der Waals surface area contributed by atoms with Crippen molar-refractivity contribution < 1.29 is 0 Å². The zero-order chi connectivity index (χ0) is 10.5. The van der Waals surface area contributed by atoms with Gasteiger partial charge < -0.3 is 5.32 Å². The summed E-state index contributed by atoms with van der Waals surface area (Å²) in [5.41, 5.74) is 2.35. The van der Waals surface area contributed by atoms with Gasteiger partial charge in [-0.1, -0.05) is 6.07 Å². The Labute approximate surface area is 89.2 Å². The average molecular weight is 199 g/mol. The highest BCUT2D eigenvalue weighted by atomic mass is 14.9. The number of hydrogen-bond acceptors (Lipinski definition) is 3. The molecule has 2 aromatic heterocycles. The number of nitrogens with one attached hydrogen (secondary N) is 1. The molecular formula is C12H13N3. The average Bonchev–Trinajstić information content (AvgIpc) is 2.33. The summed E-state index contributed by atoms with van der Waals surface area (Å²) >= 11 is 0. The fourth-order valence-corrected chi connectivity index (χ4v) is 1.63. The Hall–Kier alpha value is -1.74. The minimum atomic E-state index is 0.182. The van der Waals surface area contributed by atoms with Crippen LogP contribution in [0.5, 0.6) is 0 Å². The Bertz CT molecular complexity index is 360. The molecule has 2 aromatic rings. The van der Waals surface area contributed by atoms with Crippen LogP contribution in [0.1, 0.15) is 17.2 Å². The van der Waals surface area contributed by atoms with E-state index in [1.807, 2.05) is 31.4 Å². The van der Waals surface area contributed by atoms with Gasteiger partial charge in [-0.05, 0) is 36.4 Å². The van der Waals surface area contributed by atoms with E-state index in [2.05, 4.69) is 21.4 Å². The van der Waals surface area contributed by atoms with E-state index in [1.165, 1.54) is 5.56 Å². The van der Waals surface area contributed by atoms with Crippen LogP contribution in [0.4, 0.5) is 0 Å². The molecule has 3 heteroatoms. The molecule has 2 heterocycles. The first kappa shape index (κ1) is 9.80. The van der Waals surface area contributed by atoms with Gasteiger partial charge in [-0.15, -0.1) is 0 Å². The van der Waals surface area contributed by atoms with Crippen molar-refractivity contribution in [3.05, 3.63) is 60.2 Å². The molecule has 0 radical (unpaired) electrons. The van der Waals surface area contributed by atoms with E-state index in [0.29, 0.717) is 0 Å². The SMILES string of the molecule is CNC(c1ccncc1)c1cccnc1. The second-order valence-electron chi connectivity index (χ2n) is 3.29. The molecule has 0 saturated carbocycles. The van der Waals surface area contributed by atoms with Crippen LogP contribution in [0.15, 0.2) is 49.1 Å².